The van der Waals surface area contributed by atoms with Gasteiger partial charge in [-0.15, -0.1) is 32.9 Å². The molecule has 194 valence electrons. The first-order valence-electron chi connectivity index (χ1n) is 12.6. The Labute approximate surface area is 225 Å². The van der Waals surface area contributed by atoms with E-state index in [2.05, 4.69) is 67.9 Å². The Morgan fingerprint density at radius 3 is 2.95 bits per heavy atom. The number of aromatic amines is 1. The number of hydrogen-bond donors (Lipinski definition) is 2. The van der Waals surface area contributed by atoms with Crippen molar-refractivity contribution in [3.8, 4) is 6.07 Å². The number of aryl methyl sites for hydroxylation is 2. The van der Waals surface area contributed by atoms with E-state index in [1.54, 1.807) is 41.7 Å². The maximum Gasteiger partial charge on any atom is 0.263 e. The average molecular weight is 537 g/mol. The zero-order valence-corrected chi connectivity index (χ0v) is 23.1. The van der Waals surface area contributed by atoms with E-state index >= 15 is 0 Å². The minimum absolute atomic E-state index is 0.00533. The summed E-state index contributed by atoms with van der Waals surface area (Å²) >= 11 is 3.34. The molecule has 3 atom stereocenters. The van der Waals surface area contributed by atoms with Crippen LogP contribution in [0, 0.1) is 11.3 Å². The van der Waals surface area contributed by atoms with Crippen molar-refractivity contribution >= 4 is 28.6 Å². The van der Waals surface area contributed by atoms with Gasteiger partial charge in [-0.3, -0.25) is 4.79 Å². The summed E-state index contributed by atoms with van der Waals surface area (Å²) in [7, 11) is 3.57. The van der Waals surface area contributed by atoms with E-state index in [0.29, 0.717) is 18.8 Å². The Hall–Kier alpha value is -3.07. The van der Waals surface area contributed by atoms with Gasteiger partial charge in [-0.2, -0.15) is 10.5 Å². The second kappa shape index (κ2) is 10.4. The van der Waals surface area contributed by atoms with Crippen LogP contribution >= 0.6 is 22.7 Å². The van der Waals surface area contributed by atoms with Gasteiger partial charge in [-0.25, -0.2) is 0 Å². The molecule has 37 heavy (non-hydrogen) atoms. The standard InChI is InChI=1S/C26H32N8OS2/c1-16(28-15-17(2)34-10-5-6-18(34)14-27)13-26(25-29-31-32-30-25)19-9-11-36-21(19)7-8-22-20(26)12-23(37-22)24(35)33(3)4/h9,11-12,16,18,28H,2,5-8,10,13,15H2,1,3-4H3,(H,29,30,31,32)/t16-,18?,26?/m1/s1. The van der Waals surface area contributed by atoms with Gasteiger partial charge in [0.1, 0.15) is 6.04 Å². The number of nitrogens with one attached hydrogen (secondary N) is 2. The van der Waals surface area contributed by atoms with Crippen molar-refractivity contribution in [3.63, 3.8) is 0 Å². The van der Waals surface area contributed by atoms with Crippen LogP contribution in [0.3, 0.4) is 0 Å². The number of nitriles is 1. The fraction of sp³-hybridized carbons (Fsp3) is 0.500. The summed E-state index contributed by atoms with van der Waals surface area (Å²) in [6, 6.07) is 6.61. The number of H-pyrrole nitrogens is 1. The first-order valence-corrected chi connectivity index (χ1v) is 14.3. The Morgan fingerprint density at radius 2 is 2.22 bits per heavy atom. The van der Waals surface area contributed by atoms with Crippen molar-refractivity contribution < 1.29 is 4.79 Å². The van der Waals surface area contributed by atoms with Gasteiger partial charge in [0.2, 0.25) is 0 Å². The van der Waals surface area contributed by atoms with Crippen LogP contribution in [0.1, 0.15) is 62.6 Å². The summed E-state index contributed by atoms with van der Waals surface area (Å²) in [6.07, 6.45) is 4.38. The van der Waals surface area contributed by atoms with Crippen LogP contribution in [-0.2, 0) is 18.3 Å². The zero-order chi connectivity index (χ0) is 26.2. The molecule has 0 aromatic carbocycles. The summed E-state index contributed by atoms with van der Waals surface area (Å²) in [5.74, 6) is 0.624. The Morgan fingerprint density at radius 1 is 1.41 bits per heavy atom. The molecule has 9 nitrogen and oxygen atoms in total. The van der Waals surface area contributed by atoms with Crippen molar-refractivity contribution in [1.29, 1.82) is 5.26 Å². The van der Waals surface area contributed by atoms with Gasteiger partial charge in [0.25, 0.3) is 5.91 Å². The molecule has 0 spiro atoms. The maximum absolute atomic E-state index is 13.0. The smallest absolute Gasteiger partial charge is 0.263 e. The molecule has 1 aliphatic carbocycles. The third-order valence-corrected chi connectivity index (χ3v) is 9.64. The molecule has 11 heteroatoms. The van der Waals surface area contributed by atoms with E-state index in [4.69, 9.17) is 0 Å². The minimum atomic E-state index is -0.647. The number of aromatic nitrogens is 4. The normalized spacial score (nSPS) is 21.6. The monoisotopic (exact) mass is 536 g/mol. The lowest BCUT2D eigenvalue weighted by Crippen LogP contribution is -2.41. The van der Waals surface area contributed by atoms with Crippen LogP contribution in [0.2, 0.25) is 0 Å². The molecule has 2 unspecified atom stereocenters. The number of carbonyl (C=O) groups is 1. The van der Waals surface area contributed by atoms with Gasteiger partial charge in [0, 0.05) is 48.7 Å². The Kier molecular flexibility index (Phi) is 7.16. The molecule has 2 aliphatic rings. The van der Waals surface area contributed by atoms with Crippen LogP contribution in [0.4, 0.5) is 0 Å². The van der Waals surface area contributed by atoms with Crippen LogP contribution in [0.5, 0.6) is 0 Å². The van der Waals surface area contributed by atoms with Gasteiger partial charge in [0.15, 0.2) is 5.82 Å². The Bertz CT molecular complexity index is 1320. The number of tetrazole rings is 1. The highest BCUT2D eigenvalue weighted by atomic mass is 32.1. The number of fused-ring (bicyclic) bond motifs is 2. The lowest BCUT2D eigenvalue weighted by molar-refractivity contribution is 0.0832. The molecular weight excluding hydrogens is 504 g/mol. The van der Waals surface area contributed by atoms with Gasteiger partial charge in [0.05, 0.1) is 16.4 Å². The number of hydrogen-bond acceptors (Lipinski definition) is 9. The predicted octanol–water partition coefficient (Wildman–Crippen LogP) is 3.33. The second-order valence-corrected chi connectivity index (χ2v) is 12.2. The van der Waals surface area contributed by atoms with Crippen molar-refractivity contribution in [3.05, 3.63) is 61.4 Å². The summed E-state index contributed by atoms with van der Waals surface area (Å²) in [4.78, 5) is 19.9. The van der Waals surface area contributed by atoms with Gasteiger partial charge in [-0.1, -0.05) is 11.8 Å². The SMILES string of the molecule is C=C(CN[C@H](C)CC1(c2nn[nH]n2)c2ccsc2CCc2sc(C(=O)N(C)C)cc21)N1CCCC1C#N. The fourth-order valence-electron chi connectivity index (χ4n) is 5.69. The second-order valence-electron chi connectivity index (χ2n) is 10.1. The summed E-state index contributed by atoms with van der Waals surface area (Å²) < 4.78 is 0. The Balaban J connectivity index is 1.51. The fourth-order valence-corrected chi connectivity index (χ4v) is 7.90. The summed E-state index contributed by atoms with van der Waals surface area (Å²) in [5.41, 5.74) is 2.58. The number of amides is 1. The molecule has 2 N–H and O–H groups in total. The largest absolute Gasteiger partial charge is 0.358 e. The van der Waals surface area contributed by atoms with Crippen LogP contribution in [0.15, 0.2) is 29.8 Å². The molecule has 1 aliphatic heterocycles. The number of nitrogens with zero attached hydrogens (tertiary/aromatic N) is 6. The van der Waals surface area contributed by atoms with Crippen molar-refractivity contribution in [2.24, 2.45) is 0 Å². The van der Waals surface area contributed by atoms with E-state index in [-0.39, 0.29) is 18.0 Å². The lowest BCUT2D eigenvalue weighted by Gasteiger charge is -2.34. The lowest BCUT2D eigenvalue weighted by atomic mass is 9.70. The maximum atomic E-state index is 13.0. The van der Waals surface area contributed by atoms with Gasteiger partial charge >= 0.3 is 0 Å². The van der Waals surface area contributed by atoms with Crippen LogP contribution < -0.4 is 5.32 Å². The van der Waals surface area contributed by atoms with Gasteiger partial charge < -0.3 is 15.1 Å². The van der Waals surface area contributed by atoms with E-state index in [1.807, 2.05) is 0 Å². The van der Waals surface area contributed by atoms with Crippen molar-refractivity contribution in [2.75, 3.05) is 27.2 Å². The highest BCUT2D eigenvalue weighted by molar-refractivity contribution is 7.14. The molecule has 3 aromatic rings. The summed E-state index contributed by atoms with van der Waals surface area (Å²) in [5, 5.41) is 31.0. The highest BCUT2D eigenvalue weighted by Gasteiger charge is 2.47. The van der Waals surface area contributed by atoms with Crippen molar-refractivity contribution in [2.45, 2.75) is 56.5 Å². The van der Waals surface area contributed by atoms with E-state index in [9.17, 15) is 10.1 Å². The summed E-state index contributed by atoms with van der Waals surface area (Å²) in [6.45, 7) is 7.91. The van der Waals surface area contributed by atoms with Gasteiger partial charge in [-0.05, 0) is 67.7 Å². The third-order valence-electron chi connectivity index (χ3n) is 7.47. The van der Waals surface area contributed by atoms with Crippen LogP contribution in [-0.4, -0.2) is 75.6 Å². The molecule has 1 saturated heterocycles. The minimum Gasteiger partial charge on any atom is -0.358 e. The average Bonchev–Trinajstić information content (AvgIpc) is 3.70. The molecule has 1 fully saturated rings. The first kappa shape index (κ1) is 25.6. The molecule has 5 rings (SSSR count). The molecule has 4 heterocycles. The highest BCUT2D eigenvalue weighted by Crippen LogP contribution is 2.50. The molecule has 0 radical (unpaired) electrons. The van der Waals surface area contributed by atoms with E-state index in [1.165, 1.54) is 15.3 Å². The van der Waals surface area contributed by atoms with E-state index < -0.39 is 5.41 Å². The van der Waals surface area contributed by atoms with E-state index in [0.717, 1.165) is 48.4 Å². The quantitative estimate of drug-likeness (QED) is 0.454. The first-order chi connectivity index (χ1) is 17.8. The number of carbonyl (C=O) groups excluding carboxylic acids is 1. The van der Waals surface area contributed by atoms with Crippen molar-refractivity contribution in [1.82, 2.24) is 35.7 Å². The molecular formula is C26H32N8OS2. The third kappa shape index (κ3) is 4.58. The molecule has 1 amide bonds. The molecule has 0 saturated carbocycles. The number of rotatable bonds is 8. The van der Waals surface area contributed by atoms with Crippen LogP contribution in [0.25, 0.3) is 0 Å². The zero-order valence-electron chi connectivity index (χ0n) is 21.5. The predicted molar refractivity (Wildman–Crippen MR) is 145 cm³/mol. The topological polar surface area (TPSA) is 114 Å². The molecule has 0 bridgehead atoms. The number of thiophene rings is 2. The number of likely N-dealkylation sites (tertiary alicyclic amines) is 1. The molecule has 3 aromatic heterocycles.